The number of fused-ring (bicyclic) bond motifs is 1. The third-order valence-corrected chi connectivity index (χ3v) is 5.29. The van der Waals surface area contributed by atoms with Crippen molar-refractivity contribution in [2.75, 3.05) is 13.1 Å². The summed E-state index contributed by atoms with van der Waals surface area (Å²) in [5, 5.41) is 1.19. The molecule has 3 nitrogen and oxygen atoms in total. The van der Waals surface area contributed by atoms with Crippen molar-refractivity contribution in [2.45, 2.75) is 6.42 Å². The van der Waals surface area contributed by atoms with Crippen molar-refractivity contribution in [3.8, 4) is 0 Å². The number of H-pyrrole nitrogens is 1. The van der Waals surface area contributed by atoms with Crippen molar-refractivity contribution in [2.24, 2.45) is 0 Å². The average Bonchev–Trinajstić information content (AvgIpc) is 3.10. The summed E-state index contributed by atoms with van der Waals surface area (Å²) in [5.74, 6) is -0.312. The van der Waals surface area contributed by atoms with Crippen LogP contribution >= 0.6 is 15.9 Å². The van der Waals surface area contributed by atoms with Crippen LogP contribution in [0.15, 0.2) is 65.3 Å². The number of nitrogens with one attached hydrogen (secondary N) is 1. The number of nitrogens with zero attached hydrogens (tertiary/aromatic N) is 1. The third-order valence-electron chi connectivity index (χ3n) is 4.80. The van der Waals surface area contributed by atoms with E-state index in [-0.39, 0.29) is 11.7 Å². The number of aromatic amines is 1. The Bertz CT molecular complexity index is 1050. The van der Waals surface area contributed by atoms with Gasteiger partial charge in [-0.2, -0.15) is 0 Å². The Morgan fingerprint density at radius 3 is 2.74 bits per heavy atom. The highest BCUT2D eigenvalue weighted by molar-refractivity contribution is 9.10. The van der Waals surface area contributed by atoms with Gasteiger partial charge in [0.05, 0.1) is 0 Å². The summed E-state index contributed by atoms with van der Waals surface area (Å²) in [6, 6.07) is 12.3. The Balaban J connectivity index is 1.46. The Morgan fingerprint density at radius 2 is 2.00 bits per heavy atom. The first-order valence-electron chi connectivity index (χ1n) is 8.79. The van der Waals surface area contributed by atoms with Crippen LogP contribution in [-0.2, 0) is 4.79 Å². The molecule has 1 aromatic heterocycles. The van der Waals surface area contributed by atoms with E-state index in [2.05, 4.69) is 39.1 Å². The van der Waals surface area contributed by atoms with Gasteiger partial charge in [-0.25, -0.2) is 4.39 Å². The molecule has 1 amide bonds. The second kappa shape index (κ2) is 7.53. The summed E-state index contributed by atoms with van der Waals surface area (Å²) in [7, 11) is 0. The molecule has 0 saturated heterocycles. The molecule has 2 heterocycles. The van der Waals surface area contributed by atoms with E-state index in [0.29, 0.717) is 13.1 Å². The van der Waals surface area contributed by atoms with Crippen molar-refractivity contribution in [1.82, 2.24) is 9.88 Å². The lowest BCUT2D eigenvalue weighted by Crippen LogP contribution is -2.33. The molecule has 0 bridgehead atoms. The van der Waals surface area contributed by atoms with E-state index in [9.17, 15) is 9.18 Å². The molecule has 0 fully saturated rings. The molecule has 0 unspecified atom stereocenters. The van der Waals surface area contributed by atoms with E-state index in [0.717, 1.165) is 22.0 Å². The van der Waals surface area contributed by atoms with Gasteiger partial charge in [0.2, 0.25) is 5.91 Å². The molecule has 1 aliphatic rings. The summed E-state index contributed by atoms with van der Waals surface area (Å²) < 4.78 is 14.0. The number of hydrogen-bond donors (Lipinski definition) is 1. The van der Waals surface area contributed by atoms with Crippen LogP contribution < -0.4 is 0 Å². The summed E-state index contributed by atoms with van der Waals surface area (Å²) in [5.41, 5.74) is 4.36. The maximum Gasteiger partial charge on any atom is 0.246 e. The zero-order valence-electron chi connectivity index (χ0n) is 14.6. The summed E-state index contributed by atoms with van der Waals surface area (Å²) in [6.45, 7) is 1.27. The fraction of sp³-hybridized carbons (Fsp3) is 0.136. The molecular weight excluding hydrogens is 407 g/mol. The minimum absolute atomic E-state index is 0.0312. The number of carbonyl (C=O) groups is 1. The van der Waals surface area contributed by atoms with Crippen molar-refractivity contribution in [3.05, 3.63) is 82.2 Å². The summed E-state index contributed by atoms with van der Waals surface area (Å²) in [6.07, 6.45) is 8.24. The van der Waals surface area contributed by atoms with Gasteiger partial charge in [0.15, 0.2) is 0 Å². The van der Waals surface area contributed by atoms with Gasteiger partial charge in [-0.1, -0.05) is 34.1 Å². The van der Waals surface area contributed by atoms with Crippen LogP contribution in [0.3, 0.4) is 0 Å². The van der Waals surface area contributed by atoms with Crippen molar-refractivity contribution in [3.63, 3.8) is 0 Å². The molecule has 1 N–H and O–H groups in total. The number of rotatable bonds is 3. The molecule has 2 aromatic carbocycles. The second-order valence-corrected chi connectivity index (χ2v) is 7.46. The fourth-order valence-corrected chi connectivity index (χ4v) is 3.68. The molecule has 0 saturated carbocycles. The van der Waals surface area contributed by atoms with E-state index in [1.807, 2.05) is 17.2 Å². The number of carbonyl (C=O) groups excluding carboxylic acids is 1. The van der Waals surface area contributed by atoms with Gasteiger partial charge >= 0.3 is 0 Å². The lowest BCUT2D eigenvalue weighted by Gasteiger charge is -2.25. The van der Waals surface area contributed by atoms with Crippen LogP contribution in [0, 0.1) is 5.82 Å². The predicted octanol–water partition coefficient (Wildman–Crippen LogP) is 5.40. The van der Waals surface area contributed by atoms with Gasteiger partial charge in [-0.15, -0.1) is 0 Å². The zero-order chi connectivity index (χ0) is 18.8. The standard InChI is InChI=1S/C22H18BrFN2O/c23-17-4-7-21-19(13-17)20(14-25-21)16-9-11-26(12-10-16)22(27)8-3-15-1-5-18(24)6-2-15/h1-9,13-14,25H,10-12H2/b8-3+. The van der Waals surface area contributed by atoms with Gasteiger partial charge in [-0.05, 0) is 54.0 Å². The molecule has 3 aromatic rings. The maximum absolute atomic E-state index is 12.9. The first-order valence-corrected chi connectivity index (χ1v) is 9.58. The largest absolute Gasteiger partial charge is 0.361 e. The number of benzene rings is 2. The Kier molecular flexibility index (Phi) is 4.94. The lowest BCUT2D eigenvalue weighted by atomic mass is 9.99. The Hall–Kier alpha value is -2.66. The minimum atomic E-state index is -0.281. The van der Waals surface area contributed by atoms with Gasteiger partial charge < -0.3 is 9.88 Å². The van der Waals surface area contributed by atoms with Crippen LogP contribution in [0.1, 0.15) is 17.5 Å². The smallest absolute Gasteiger partial charge is 0.246 e. The number of hydrogen-bond acceptors (Lipinski definition) is 1. The first kappa shape index (κ1) is 17.7. The first-order chi connectivity index (χ1) is 13.1. The molecule has 1 aliphatic heterocycles. The fourth-order valence-electron chi connectivity index (χ4n) is 3.32. The normalized spacial score (nSPS) is 14.7. The lowest BCUT2D eigenvalue weighted by molar-refractivity contribution is -0.125. The van der Waals surface area contributed by atoms with Crippen molar-refractivity contribution < 1.29 is 9.18 Å². The molecule has 5 heteroatoms. The van der Waals surface area contributed by atoms with Crippen LogP contribution in [-0.4, -0.2) is 28.9 Å². The predicted molar refractivity (Wildman–Crippen MR) is 111 cm³/mol. The van der Waals surface area contributed by atoms with E-state index in [1.165, 1.54) is 28.7 Å². The topological polar surface area (TPSA) is 36.1 Å². The van der Waals surface area contributed by atoms with E-state index in [1.54, 1.807) is 24.3 Å². The number of aromatic nitrogens is 1. The number of halogens is 2. The van der Waals surface area contributed by atoms with Crippen LogP contribution in [0.4, 0.5) is 4.39 Å². The molecule has 0 radical (unpaired) electrons. The molecule has 0 atom stereocenters. The molecule has 27 heavy (non-hydrogen) atoms. The second-order valence-electron chi connectivity index (χ2n) is 6.54. The maximum atomic E-state index is 12.9. The van der Waals surface area contributed by atoms with Gasteiger partial charge in [-0.3, -0.25) is 4.79 Å². The quantitative estimate of drug-likeness (QED) is 0.561. The monoisotopic (exact) mass is 424 g/mol. The Labute approximate surface area is 165 Å². The third kappa shape index (κ3) is 3.88. The highest BCUT2D eigenvalue weighted by Crippen LogP contribution is 2.31. The molecule has 0 spiro atoms. The molecule has 136 valence electrons. The SMILES string of the molecule is O=C(/C=C/c1ccc(F)cc1)N1CC=C(c2c[nH]c3ccc(Br)cc23)CC1. The minimum Gasteiger partial charge on any atom is -0.361 e. The highest BCUT2D eigenvalue weighted by Gasteiger charge is 2.18. The van der Waals surface area contributed by atoms with Crippen LogP contribution in [0.5, 0.6) is 0 Å². The highest BCUT2D eigenvalue weighted by atomic mass is 79.9. The number of amides is 1. The van der Waals surface area contributed by atoms with E-state index < -0.39 is 0 Å². The van der Waals surface area contributed by atoms with Gasteiger partial charge in [0.1, 0.15) is 5.82 Å². The van der Waals surface area contributed by atoms with Crippen LogP contribution in [0.25, 0.3) is 22.6 Å². The average molecular weight is 425 g/mol. The molecular formula is C22H18BrFN2O. The van der Waals surface area contributed by atoms with Crippen LogP contribution in [0.2, 0.25) is 0 Å². The van der Waals surface area contributed by atoms with Crippen molar-refractivity contribution in [1.29, 1.82) is 0 Å². The Morgan fingerprint density at radius 1 is 1.19 bits per heavy atom. The summed E-state index contributed by atoms with van der Waals surface area (Å²) >= 11 is 3.53. The molecule has 0 aliphatic carbocycles. The van der Waals surface area contributed by atoms with E-state index >= 15 is 0 Å². The van der Waals surface area contributed by atoms with Gasteiger partial charge in [0.25, 0.3) is 0 Å². The summed E-state index contributed by atoms with van der Waals surface area (Å²) in [4.78, 5) is 17.5. The van der Waals surface area contributed by atoms with Crippen molar-refractivity contribution >= 4 is 44.4 Å². The van der Waals surface area contributed by atoms with E-state index in [4.69, 9.17) is 0 Å². The van der Waals surface area contributed by atoms with Gasteiger partial charge in [0, 0.05) is 46.3 Å². The zero-order valence-corrected chi connectivity index (χ0v) is 16.2. The molecule has 4 rings (SSSR count).